The average Bonchev–Trinajstić information content (AvgIpc) is 2.67. The van der Waals surface area contributed by atoms with Gasteiger partial charge in [-0.05, 0) is 21.5 Å². The van der Waals surface area contributed by atoms with Crippen LogP contribution in [0.1, 0.15) is 20.7 Å². The van der Waals surface area contributed by atoms with Crippen molar-refractivity contribution in [3.05, 3.63) is 96.1 Å². The molecule has 0 saturated carbocycles. The summed E-state index contributed by atoms with van der Waals surface area (Å²) in [5.41, 5.74) is 0.496. The Hall–Kier alpha value is -3.15. The molecule has 4 rings (SSSR count). The van der Waals surface area contributed by atoms with E-state index in [2.05, 4.69) is 0 Å². The van der Waals surface area contributed by atoms with Crippen LogP contribution in [0.3, 0.4) is 0 Å². The topological polar surface area (TPSA) is 80.3 Å². The monoisotopic (exact) mass is 401 g/mol. The number of fused-ring (bicyclic) bond motifs is 2. The molecule has 0 heterocycles. The molecule has 5 heteroatoms. The van der Waals surface area contributed by atoms with Gasteiger partial charge in [0, 0.05) is 11.1 Å². The minimum absolute atomic E-state index is 0. The predicted molar refractivity (Wildman–Crippen MR) is 96.6 cm³/mol. The van der Waals surface area contributed by atoms with Gasteiger partial charge >= 0.3 is 16.8 Å². The molecule has 0 amide bonds. The Bertz CT molecular complexity index is 1010. The van der Waals surface area contributed by atoms with E-state index < -0.39 is 11.9 Å². The summed E-state index contributed by atoms with van der Waals surface area (Å²) < 4.78 is 0. The SMILES string of the molecule is O=C([O-])c1cccc2ccccc12.O=C([O-])c1cccc2ccccc12.[Co+2]. The quantitative estimate of drug-likeness (QED) is 0.517. The molecule has 0 fully saturated rings. The normalized spacial score (nSPS) is 9.78. The predicted octanol–water partition coefficient (Wildman–Crippen LogP) is 2.40. The van der Waals surface area contributed by atoms with E-state index >= 15 is 0 Å². The third-order valence-corrected chi connectivity index (χ3v) is 4.02. The Morgan fingerprint density at radius 3 is 1.22 bits per heavy atom. The van der Waals surface area contributed by atoms with Crippen molar-refractivity contribution in [2.24, 2.45) is 0 Å². The first-order valence-corrected chi connectivity index (χ1v) is 7.96. The maximum Gasteiger partial charge on any atom is 2.00 e. The number of carbonyl (C=O) groups is 2. The van der Waals surface area contributed by atoms with Gasteiger partial charge in [0.25, 0.3) is 0 Å². The third-order valence-electron chi connectivity index (χ3n) is 4.02. The largest absolute Gasteiger partial charge is 2.00 e. The van der Waals surface area contributed by atoms with Crippen LogP contribution >= 0.6 is 0 Å². The van der Waals surface area contributed by atoms with Gasteiger partial charge in [0.05, 0.1) is 11.9 Å². The summed E-state index contributed by atoms with van der Waals surface area (Å²) in [7, 11) is 0. The second-order valence-corrected chi connectivity index (χ2v) is 5.63. The molecule has 0 atom stereocenters. The summed E-state index contributed by atoms with van der Waals surface area (Å²) >= 11 is 0. The molecule has 4 aromatic carbocycles. The van der Waals surface area contributed by atoms with E-state index in [9.17, 15) is 19.8 Å². The molecular weight excluding hydrogens is 387 g/mol. The van der Waals surface area contributed by atoms with Crippen LogP contribution in [-0.2, 0) is 16.8 Å². The zero-order valence-electron chi connectivity index (χ0n) is 14.0. The number of carboxylic acid groups (broad SMARTS) is 2. The molecule has 0 saturated heterocycles. The van der Waals surface area contributed by atoms with E-state index in [0.717, 1.165) is 21.5 Å². The molecule has 1 radical (unpaired) electrons. The number of carboxylic acids is 2. The van der Waals surface area contributed by atoms with Crippen molar-refractivity contribution in [2.45, 2.75) is 0 Å². The molecule has 0 aliphatic carbocycles. The Morgan fingerprint density at radius 1 is 0.519 bits per heavy atom. The molecule has 0 aliphatic rings. The summed E-state index contributed by atoms with van der Waals surface area (Å²) in [4.78, 5) is 21.4. The fraction of sp³-hybridized carbons (Fsp3) is 0. The molecule has 0 aliphatic heterocycles. The van der Waals surface area contributed by atoms with Crippen LogP contribution in [0, 0.1) is 0 Å². The minimum atomic E-state index is -1.13. The van der Waals surface area contributed by atoms with Crippen molar-refractivity contribution < 1.29 is 36.6 Å². The van der Waals surface area contributed by atoms with Crippen LogP contribution in [0.15, 0.2) is 84.9 Å². The van der Waals surface area contributed by atoms with E-state index in [4.69, 9.17) is 0 Å². The summed E-state index contributed by atoms with van der Waals surface area (Å²) in [5, 5.41) is 24.7. The van der Waals surface area contributed by atoms with Crippen molar-refractivity contribution in [1.29, 1.82) is 0 Å². The Kier molecular flexibility index (Phi) is 6.71. The molecule has 0 N–H and O–H groups in total. The van der Waals surface area contributed by atoms with Crippen LogP contribution in [0.2, 0.25) is 0 Å². The van der Waals surface area contributed by atoms with Crippen LogP contribution in [0.25, 0.3) is 21.5 Å². The van der Waals surface area contributed by atoms with Crippen LogP contribution in [-0.4, -0.2) is 11.9 Å². The van der Waals surface area contributed by atoms with E-state index in [1.54, 1.807) is 36.4 Å². The number of hydrogen-bond donors (Lipinski definition) is 0. The number of rotatable bonds is 2. The van der Waals surface area contributed by atoms with E-state index in [1.165, 1.54) is 0 Å². The fourth-order valence-corrected chi connectivity index (χ4v) is 2.81. The van der Waals surface area contributed by atoms with Crippen molar-refractivity contribution in [3.8, 4) is 0 Å². The molecule has 4 nitrogen and oxygen atoms in total. The third kappa shape index (κ3) is 4.52. The molecule has 4 aromatic rings. The first-order valence-electron chi connectivity index (χ1n) is 7.96. The van der Waals surface area contributed by atoms with Gasteiger partial charge in [0.15, 0.2) is 0 Å². The van der Waals surface area contributed by atoms with E-state index in [0.29, 0.717) is 0 Å². The number of aromatic carboxylic acids is 2. The molecular formula is C22H14CoO4. The van der Waals surface area contributed by atoms with Gasteiger partial charge in [-0.2, -0.15) is 0 Å². The number of hydrogen-bond acceptors (Lipinski definition) is 4. The first-order chi connectivity index (χ1) is 12.6. The minimum Gasteiger partial charge on any atom is -0.545 e. The van der Waals surface area contributed by atoms with Gasteiger partial charge in [-0.15, -0.1) is 0 Å². The summed E-state index contributed by atoms with van der Waals surface area (Å²) in [6, 6.07) is 25.0. The van der Waals surface area contributed by atoms with Gasteiger partial charge in [0.1, 0.15) is 0 Å². The summed E-state index contributed by atoms with van der Waals surface area (Å²) in [6.07, 6.45) is 0. The number of carbonyl (C=O) groups excluding carboxylic acids is 2. The Balaban J connectivity index is 0.000000187. The van der Waals surface area contributed by atoms with E-state index in [-0.39, 0.29) is 27.9 Å². The van der Waals surface area contributed by atoms with Crippen molar-refractivity contribution in [3.63, 3.8) is 0 Å². The molecule has 0 bridgehead atoms. The van der Waals surface area contributed by atoms with Crippen LogP contribution < -0.4 is 10.2 Å². The maximum atomic E-state index is 10.7. The second-order valence-electron chi connectivity index (χ2n) is 5.63. The molecule has 0 unspecified atom stereocenters. The Labute approximate surface area is 166 Å². The van der Waals surface area contributed by atoms with Crippen molar-refractivity contribution >= 4 is 33.5 Å². The van der Waals surface area contributed by atoms with Gasteiger partial charge in [-0.3, -0.25) is 0 Å². The van der Waals surface area contributed by atoms with Crippen LogP contribution in [0.5, 0.6) is 0 Å². The van der Waals surface area contributed by atoms with Crippen LogP contribution in [0.4, 0.5) is 0 Å². The van der Waals surface area contributed by atoms with Gasteiger partial charge in [0.2, 0.25) is 0 Å². The average molecular weight is 401 g/mol. The number of benzene rings is 4. The standard InChI is InChI=1S/2C11H8O2.Co/c2*12-11(13)10-7-3-5-8-4-1-2-6-9(8)10;/h2*1-7H,(H,12,13);/q;;+2/p-2. The molecule has 0 spiro atoms. The summed E-state index contributed by atoms with van der Waals surface area (Å²) in [5.74, 6) is -2.26. The van der Waals surface area contributed by atoms with Gasteiger partial charge < -0.3 is 19.8 Å². The zero-order valence-corrected chi connectivity index (χ0v) is 15.1. The Morgan fingerprint density at radius 2 is 0.852 bits per heavy atom. The molecule has 0 aromatic heterocycles. The summed E-state index contributed by atoms with van der Waals surface area (Å²) in [6.45, 7) is 0. The van der Waals surface area contributed by atoms with Gasteiger partial charge in [-0.25, -0.2) is 0 Å². The van der Waals surface area contributed by atoms with E-state index in [1.807, 2.05) is 48.5 Å². The second kappa shape index (κ2) is 8.98. The molecule has 135 valence electrons. The first kappa shape index (κ1) is 20.2. The smallest absolute Gasteiger partial charge is 0.545 e. The van der Waals surface area contributed by atoms with Crippen molar-refractivity contribution in [1.82, 2.24) is 0 Å². The molecule has 27 heavy (non-hydrogen) atoms. The zero-order chi connectivity index (χ0) is 18.5. The van der Waals surface area contributed by atoms with Gasteiger partial charge in [-0.1, -0.05) is 84.9 Å². The van der Waals surface area contributed by atoms with Crippen molar-refractivity contribution in [2.75, 3.05) is 0 Å². The fourth-order valence-electron chi connectivity index (χ4n) is 2.81. The maximum absolute atomic E-state index is 10.7.